The molecule has 0 aromatic rings. The first-order chi connectivity index (χ1) is 7.60. The number of ether oxygens (including phenoxy) is 2. The van der Waals surface area contributed by atoms with Gasteiger partial charge in [0.25, 0.3) is 0 Å². The van der Waals surface area contributed by atoms with Crippen molar-refractivity contribution in [3.63, 3.8) is 0 Å². The fourth-order valence-electron chi connectivity index (χ4n) is 1.65. The number of hydrogen-bond acceptors (Lipinski definition) is 3. The maximum atomic E-state index is 10.4. The van der Waals surface area contributed by atoms with Crippen molar-refractivity contribution < 1.29 is 14.3 Å². The van der Waals surface area contributed by atoms with E-state index >= 15 is 0 Å². The minimum atomic E-state index is -0.328. The van der Waals surface area contributed by atoms with E-state index in [1.165, 1.54) is 0 Å². The Morgan fingerprint density at radius 2 is 1.62 bits per heavy atom. The fraction of sp³-hybridized carbons (Fsp3) is 0.917. The molecule has 0 saturated heterocycles. The number of nitrogens with two attached hydrogens (primary N) is 1. The van der Waals surface area contributed by atoms with Crippen molar-refractivity contribution in [3.8, 4) is 0 Å². The highest BCUT2D eigenvalue weighted by Gasteiger charge is 2.23. The maximum absolute atomic E-state index is 10.4. The molecular formula is C12H25NO3. The highest BCUT2D eigenvalue weighted by Crippen LogP contribution is 2.23. The molecule has 0 bridgehead atoms. The molecule has 0 aromatic heterocycles. The van der Waals surface area contributed by atoms with E-state index in [-0.39, 0.29) is 17.9 Å². The van der Waals surface area contributed by atoms with Gasteiger partial charge in [-0.2, -0.15) is 0 Å². The molecule has 0 heterocycles. The molecule has 0 rings (SSSR count). The van der Waals surface area contributed by atoms with E-state index in [1.807, 2.05) is 0 Å². The lowest BCUT2D eigenvalue weighted by molar-refractivity contribution is -0.119. The molecule has 0 aliphatic carbocycles. The lowest BCUT2D eigenvalue weighted by Crippen LogP contribution is -2.31. The van der Waals surface area contributed by atoms with Gasteiger partial charge in [0.15, 0.2) is 0 Å². The van der Waals surface area contributed by atoms with E-state index in [2.05, 4.69) is 20.8 Å². The van der Waals surface area contributed by atoms with Crippen LogP contribution in [0.5, 0.6) is 0 Å². The van der Waals surface area contributed by atoms with Crippen LogP contribution in [0.15, 0.2) is 0 Å². The van der Waals surface area contributed by atoms with Gasteiger partial charge in [0, 0.05) is 6.42 Å². The summed E-state index contributed by atoms with van der Waals surface area (Å²) in [6.07, 6.45) is 3.32. The number of rotatable bonds is 10. The summed E-state index contributed by atoms with van der Waals surface area (Å²) in [5.74, 6) is -0.328. The fourth-order valence-corrected chi connectivity index (χ4v) is 1.65. The minimum Gasteiger partial charge on any atom is -0.379 e. The van der Waals surface area contributed by atoms with Gasteiger partial charge in [-0.15, -0.1) is 0 Å². The largest absolute Gasteiger partial charge is 0.379 e. The molecule has 0 aliphatic heterocycles. The predicted molar refractivity (Wildman–Crippen MR) is 64.2 cm³/mol. The molecular weight excluding hydrogens is 206 g/mol. The number of hydrogen-bond donors (Lipinski definition) is 1. The molecule has 0 radical (unpaired) electrons. The van der Waals surface area contributed by atoms with Crippen LogP contribution in [0.25, 0.3) is 0 Å². The van der Waals surface area contributed by atoms with Crippen LogP contribution >= 0.6 is 0 Å². The lowest BCUT2D eigenvalue weighted by Gasteiger charge is -2.30. The van der Waals surface area contributed by atoms with E-state index in [4.69, 9.17) is 15.2 Å². The normalized spacial score (nSPS) is 11.7. The molecule has 0 spiro atoms. The molecule has 4 heteroatoms. The quantitative estimate of drug-likeness (QED) is 0.584. The van der Waals surface area contributed by atoms with Gasteiger partial charge in [-0.3, -0.25) is 4.79 Å². The highest BCUT2D eigenvalue weighted by atomic mass is 16.5. The zero-order valence-electron chi connectivity index (χ0n) is 10.8. The second kappa shape index (κ2) is 8.53. The standard InChI is InChI=1S/C12H25NO3/c1-4-12(5-2,6-3)16-10-9-15-8-7-11(13)14/h4-10H2,1-3H3,(H2,13,14). The first-order valence-corrected chi connectivity index (χ1v) is 6.10. The third-order valence-electron chi connectivity index (χ3n) is 3.06. The summed E-state index contributed by atoms with van der Waals surface area (Å²) in [7, 11) is 0. The molecule has 0 aromatic carbocycles. The maximum Gasteiger partial charge on any atom is 0.219 e. The Labute approximate surface area is 98.5 Å². The van der Waals surface area contributed by atoms with Crippen LogP contribution in [0.3, 0.4) is 0 Å². The summed E-state index contributed by atoms with van der Waals surface area (Å²) in [5.41, 5.74) is 4.98. The molecule has 0 unspecified atom stereocenters. The third kappa shape index (κ3) is 6.08. The Balaban J connectivity index is 3.59. The van der Waals surface area contributed by atoms with Crippen molar-refractivity contribution in [3.05, 3.63) is 0 Å². The molecule has 0 saturated carbocycles. The molecule has 4 nitrogen and oxygen atoms in total. The SMILES string of the molecule is CCC(CC)(CC)OCCOCCC(N)=O. The Morgan fingerprint density at radius 1 is 1.06 bits per heavy atom. The summed E-state index contributed by atoms with van der Waals surface area (Å²) in [4.78, 5) is 10.4. The van der Waals surface area contributed by atoms with Crippen molar-refractivity contribution in [2.75, 3.05) is 19.8 Å². The third-order valence-corrected chi connectivity index (χ3v) is 3.06. The Kier molecular flexibility index (Phi) is 8.21. The smallest absolute Gasteiger partial charge is 0.219 e. The van der Waals surface area contributed by atoms with Crippen LogP contribution in [-0.4, -0.2) is 31.3 Å². The van der Waals surface area contributed by atoms with Crippen LogP contribution < -0.4 is 5.73 Å². The van der Waals surface area contributed by atoms with E-state index in [1.54, 1.807) is 0 Å². The summed E-state index contributed by atoms with van der Waals surface area (Å²) in [6, 6.07) is 0. The predicted octanol–water partition coefficient (Wildman–Crippen LogP) is 1.86. The van der Waals surface area contributed by atoms with Gasteiger partial charge in [0.05, 0.1) is 25.4 Å². The van der Waals surface area contributed by atoms with Crippen molar-refractivity contribution in [1.29, 1.82) is 0 Å². The second-order valence-electron chi connectivity index (χ2n) is 3.92. The summed E-state index contributed by atoms with van der Waals surface area (Å²) in [5, 5.41) is 0. The molecule has 0 fully saturated rings. The first kappa shape index (κ1) is 15.4. The molecule has 16 heavy (non-hydrogen) atoms. The van der Waals surface area contributed by atoms with Crippen LogP contribution in [-0.2, 0) is 14.3 Å². The minimum absolute atomic E-state index is 0.00690. The van der Waals surface area contributed by atoms with Crippen LogP contribution in [0.2, 0.25) is 0 Å². The molecule has 96 valence electrons. The Bertz CT molecular complexity index is 182. The Hall–Kier alpha value is -0.610. The summed E-state index contributed by atoms with van der Waals surface area (Å²) >= 11 is 0. The van der Waals surface area contributed by atoms with Crippen molar-refractivity contribution in [2.45, 2.75) is 52.1 Å². The monoisotopic (exact) mass is 231 g/mol. The van der Waals surface area contributed by atoms with Crippen molar-refractivity contribution in [2.24, 2.45) is 5.73 Å². The van der Waals surface area contributed by atoms with E-state index in [9.17, 15) is 4.79 Å². The lowest BCUT2D eigenvalue weighted by atomic mass is 9.94. The van der Waals surface area contributed by atoms with Crippen LogP contribution in [0.1, 0.15) is 46.5 Å². The van der Waals surface area contributed by atoms with Gasteiger partial charge in [-0.1, -0.05) is 20.8 Å². The van der Waals surface area contributed by atoms with Crippen LogP contribution in [0, 0.1) is 0 Å². The summed E-state index contributed by atoms with van der Waals surface area (Å²) in [6.45, 7) is 7.90. The van der Waals surface area contributed by atoms with Gasteiger partial charge in [0.1, 0.15) is 0 Å². The van der Waals surface area contributed by atoms with Crippen molar-refractivity contribution >= 4 is 5.91 Å². The second-order valence-corrected chi connectivity index (χ2v) is 3.92. The molecule has 2 N–H and O–H groups in total. The van der Waals surface area contributed by atoms with Crippen molar-refractivity contribution in [1.82, 2.24) is 0 Å². The number of carbonyl (C=O) groups is 1. The van der Waals surface area contributed by atoms with E-state index < -0.39 is 0 Å². The summed E-state index contributed by atoms with van der Waals surface area (Å²) < 4.78 is 11.1. The Morgan fingerprint density at radius 3 is 2.06 bits per heavy atom. The highest BCUT2D eigenvalue weighted by molar-refractivity contribution is 5.73. The van der Waals surface area contributed by atoms with Gasteiger partial charge in [-0.25, -0.2) is 0 Å². The molecule has 0 atom stereocenters. The van der Waals surface area contributed by atoms with Gasteiger partial charge in [0.2, 0.25) is 5.91 Å². The zero-order valence-corrected chi connectivity index (χ0v) is 10.8. The number of amides is 1. The first-order valence-electron chi connectivity index (χ1n) is 6.10. The topological polar surface area (TPSA) is 61.6 Å². The number of carbonyl (C=O) groups excluding carboxylic acids is 1. The number of primary amides is 1. The van der Waals surface area contributed by atoms with Crippen LogP contribution in [0.4, 0.5) is 0 Å². The van der Waals surface area contributed by atoms with Gasteiger partial charge >= 0.3 is 0 Å². The molecule has 1 amide bonds. The zero-order chi connectivity index (χ0) is 12.4. The van der Waals surface area contributed by atoms with Gasteiger partial charge in [-0.05, 0) is 19.3 Å². The average molecular weight is 231 g/mol. The average Bonchev–Trinajstić information content (AvgIpc) is 2.29. The molecule has 0 aliphatic rings. The van der Waals surface area contributed by atoms with E-state index in [0.717, 1.165) is 19.3 Å². The van der Waals surface area contributed by atoms with Gasteiger partial charge < -0.3 is 15.2 Å². The van der Waals surface area contributed by atoms with E-state index in [0.29, 0.717) is 19.8 Å².